The summed E-state index contributed by atoms with van der Waals surface area (Å²) in [6.45, 7) is 1.37. The van der Waals surface area contributed by atoms with E-state index in [-0.39, 0.29) is 12.1 Å². The van der Waals surface area contributed by atoms with Gasteiger partial charge in [-0.15, -0.1) is 0 Å². The molecule has 0 spiro atoms. The van der Waals surface area contributed by atoms with E-state index in [2.05, 4.69) is 0 Å². The van der Waals surface area contributed by atoms with Gasteiger partial charge in [-0.3, -0.25) is 4.79 Å². The van der Waals surface area contributed by atoms with Crippen LogP contribution in [-0.4, -0.2) is 18.0 Å². The topological polar surface area (TPSA) is 52.6 Å². The minimum atomic E-state index is -0.421. The molecule has 2 aromatic carbocycles. The fourth-order valence-electron chi connectivity index (χ4n) is 3.46. The average Bonchev–Trinajstić information content (AvgIpc) is 2.75. The molecular formula is C25H26O4. The second-order valence-corrected chi connectivity index (χ2v) is 7.10. The first kappa shape index (κ1) is 20.6. The van der Waals surface area contributed by atoms with Gasteiger partial charge in [-0.25, -0.2) is 4.79 Å². The van der Waals surface area contributed by atoms with Gasteiger partial charge in [0.15, 0.2) is 0 Å². The van der Waals surface area contributed by atoms with Gasteiger partial charge >= 0.3 is 11.9 Å². The minimum absolute atomic E-state index is 0.00730. The summed E-state index contributed by atoms with van der Waals surface area (Å²) in [6.07, 6.45) is 8.33. The molecule has 4 nitrogen and oxygen atoms in total. The minimum Gasteiger partial charge on any atom is -0.459 e. The lowest BCUT2D eigenvalue weighted by molar-refractivity contribution is -0.144. The highest BCUT2D eigenvalue weighted by molar-refractivity contribution is 5.98. The number of carbonyl (C=O) groups is 2. The molecule has 150 valence electrons. The van der Waals surface area contributed by atoms with Crippen LogP contribution in [0.15, 0.2) is 72.8 Å². The van der Waals surface area contributed by atoms with Crippen molar-refractivity contribution in [2.24, 2.45) is 0 Å². The highest BCUT2D eigenvalue weighted by Crippen LogP contribution is 2.29. The molecule has 29 heavy (non-hydrogen) atoms. The van der Waals surface area contributed by atoms with Crippen molar-refractivity contribution in [3.05, 3.63) is 83.9 Å². The summed E-state index contributed by atoms with van der Waals surface area (Å²) >= 11 is 0. The van der Waals surface area contributed by atoms with E-state index in [1.165, 1.54) is 19.4 Å². The Morgan fingerprint density at radius 2 is 1.41 bits per heavy atom. The van der Waals surface area contributed by atoms with E-state index >= 15 is 0 Å². The fraction of sp³-hybridized carbons (Fsp3) is 0.280. The lowest BCUT2D eigenvalue weighted by Gasteiger charge is -2.21. The van der Waals surface area contributed by atoms with E-state index < -0.39 is 5.97 Å². The third-order valence-electron chi connectivity index (χ3n) is 4.83. The molecule has 0 unspecified atom stereocenters. The van der Waals surface area contributed by atoms with E-state index in [0.29, 0.717) is 11.3 Å². The largest absolute Gasteiger partial charge is 0.459 e. The molecule has 1 aliphatic carbocycles. The van der Waals surface area contributed by atoms with Crippen LogP contribution in [0.25, 0.3) is 11.3 Å². The predicted molar refractivity (Wildman–Crippen MR) is 114 cm³/mol. The van der Waals surface area contributed by atoms with Gasteiger partial charge in [-0.2, -0.15) is 0 Å². The Labute approximate surface area is 171 Å². The van der Waals surface area contributed by atoms with Crippen LogP contribution < -0.4 is 0 Å². The van der Waals surface area contributed by atoms with E-state index in [0.717, 1.165) is 36.8 Å². The second kappa shape index (κ2) is 10.4. The van der Waals surface area contributed by atoms with Gasteiger partial charge in [0.05, 0.1) is 0 Å². The molecule has 0 aliphatic heterocycles. The highest BCUT2D eigenvalue weighted by atomic mass is 16.5. The molecule has 3 rings (SSSR count). The summed E-state index contributed by atoms with van der Waals surface area (Å²) < 4.78 is 11.2. The van der Waals surface area contributed by atoms with Gasteiger partial charge in [0, 0.05) is 24.1 Å². The molecule has 0 radical (unpaired) electrons. The van der Waals surface area contributed by atoms with E-state index in [9.17, 15) is 9.59 Å². The maximum Gasteiger partial charge on any atom is 0.331 e. The van der Waals surface area contributed by atoms with Crippen LogP contribution in [0.1, 0.15) is 50.2 Å². The number of esters is 2. The number of rotatable bonds is 6. The van der Waals surface area contributed by atoms with Crippen molar-refractivity contribution in [1.82, 2.24) is 0 Å². The quantitative estimate of drug-likeness (QED) is 0.213. The number of hydrogen-bond acceptors (Lipinski definition) is 4. The Bertz CT molecular complexity index is 876. The molecule has 0 heterocycles. The molecule has 0 N–H and O–H groups in total. The monoisotopic (exact) mass is 390 g/mol. The first-order valence-electron chi connectivity index (χ1n) is 10.1. The lowest BCUT2D eigenvalue weighted by Crippen LogP contribution is -2.19. The van der Waals surface area contributed by atoms with Gasteiger partial charge in [0.2, 0.25) is 0 Å². The van der Waals surface area contributed by atoms with Crippen molar-refractivity contribution in [1.29, 1.82) is 0 Å². The van der Waals surface area contributed by atoms with Crippen molar-refractivity contribution >= 4 is 23.3 Å². The zero-order valence-corrected chi connectivity index (χ0v) is 16.7. The molecule has 0 bridgehead atoms. The Morgan fingerprint density at radius 1 is 0.828 bits per heavy atom. The predicted octanol–water partition coefficient (Wildman–Crippen LogP) is 5.55. The number of carbonyl (C=O) groups excluding carboxylic acids is 2. The Kier molecular flexibility index (Phi) is 7.40. The molecule has 2 aromatic rings. The molecular weight excluding hydrogens is 364 g/mol. The standard InChI is InChI=1S/C25H26O4/c1-19(26)28-25(21-13-7-3-8-14-21)23(20-11-5-2-6-12-20)17-18-24(27)29-22-15-9-4-10-16-22/h2-3,5-8,11-14,17-18,22H,4,9-10,15-16H2,1H3/b18-17+,25-23-. The van der Waals surface area contributed by atoms with Crippen LogP contribution in [0.3, 0.4) is 0 Å². The second-order valence-electron chi connectivity index (χ2n) is 7.10. The summed E-state index contributed by atoms with van der Waals surface area (Å²) in [7, 11) is 0. The van der Waals surface area contributed by atoms with Crippen LogP contribution in [0, 0.1) is 0 Å². The number of allylic oxidation sites excluding steroid dienone is 2. The number of hydrogen-bond donors (Lipinski definition) is 0. The van der Waals surface area contributed by atoms with Crippen molar-refractivity contribution in [2.75, 3.05) is 0 Å². The van der Waals surface area contributed by atoms with Gasteiger partial charge in [0.1, 0.15) is 11.9 Å². The van der Waals surface area contributed by atoms with E-state index in [4.69, 9.17) is 9.47 Å². The average molecular weight is 390 g/mol. The highest BCUT2D eigenvalue weighted by Gasteiger charge is 2.17. The first-order chi connectivity index (χ1) is 14.1. The van der Waals surface area contributed by atoms with Crippen LogP contribution in [0.4, 0.5) is 0 Å². The van der Waals surface area contributed by atoms with Gasteiger partial charge in [0.25, 0.3) is 0 Å². The van der Waals surface area contributed by atoms with Crippen molar-refractivity contribution in [3.63, 3.8) is 0 Å². The Morgan fingerprint density at radius 3 is 2.00 bits per heavy atom. The number of benzene rings is 2. The smallest absolute Gasteiger partial charge is 0.331 e. The SMILES string of the molecule is CC(=O)O/C(=C(/C=C/C(=O)OC1CCCCC1)c1ccccc1)c1ccccc1. The van der Waals surface area contributed by atoms with Gasteiger partial charge < -0.3 is 9.47 Å². The molecule has 1 fully saturated rings. The van der Waals surface area contributed by atoms with Crippen LogP contribution in [0.2, 0.25) is 0 Å². The van der Waals surface area contributed by atoms with Crippen LogP contribution >= 0.6 is 0 Å². The van der Waals surface area contributed by atoms with E-state index in [1.807, 2.05) is 60.7 Å². The summed E-state index contributed by atoms with van der Waals surface area (Å²) in [4.78, 5) is 24.2. The van der Waals surface area contributed by atoms with E-state index in [1.54, 1.807) is 6.08 Å². The first-order valence-corrected chi connectivity index (χ1v) is 10.1. The van der Waals surface area contributed by atoms with Gasteiger partial charge in [-0.05, 0) is 37.3 Å². The molecule has 0 aromatic heterocycles. The third-order valence-corrected chi connectivity index (χ3v) is 4.83. The molecule has 0 saturated heterocycles. The molecule has 0 amide bonds. The fourth-order valence-corrected chi connectivity index (χ4v) is 3.46. The van der Waals surface area contributed by atoms with Crippen molar-refractivity contribution in [3.8, 4) is 0 Å². The zero-order valence-electron chi connectivity index (χ0n) is 16.7. The summed E-state index contributed by atoms with van der Waals surface area (Å²) in [5, 5.41) is 0. The summed E-state index contributed by atoms with van der Waals surface area (Å²) in [5.41, 5.74) is 2.24. The summed E-state index contributed by atoms with van der Waals surface area (Å²) in [5.74, 6) is -0.387. The van der Waals surface area contributed by atoms with Crippen LogP contribution in [0.5, 0.6) is 0 Å². The third kappa shape index (κ3) is 6.18. The summed E-state index contributed by atoms with van der Waals surface area (Å²) in [6, 6.07) is 18.9. The normalized spacial score (nSPS) is 15.6. The Hall–Kier alpha value is -3.14. The molecule has 4 heteroatoms. The Balaban J connectivity index is 1.95. The van der Waals surface area contributed by atoms with Crippen molar-refractivity contribution in [2.45, 2.75) is 45.1 Å². The molecule has 0 atom stereocenters. The van der Waals surface area contributed by atoms with Crippen molar-refractivity contribution < 1.29 is 19.1 Å². The molecule has 1 aliphatic rings. The molecule has 1 saturated carbocycles. The van der Waals surface area contributed by atoms with Gasteiger partial charge in [-0.1, -0.05) is 67.1 Å². The maximum absolute atomic E-state index is 12.4. The van der Waals surface area contributed by atoms with Crippen LogP contribution in [-0.2, 0) is 19.1 Å². The lowest BCUT2D eigenvalue weighted by atomic mass is 9.98. The zero-order chi connectivity index (χ0) is 20.5. The number of ether oxygens (including phenoxy) is 2. The maximum atomic E-state index is 12.4.